The van der Waals surface area contributed by atoms with E-state index in [9.17, 15) is 40.3 Å². The monoisotopic (exact) mass is 725 g/mol. The van der Waals surface area contributed by atoms with Gasteiger partial charge in [-0.2, -0.15) is 31.4 Å². The van der Waals surface area contributed by atoms with Crippen LogP contribution in [0.25, 0.3) is 17.0 Å². The van der Waals surface area contributed by atoms with Gasteiger partial charge in [0.1, 0.15) is 12.1 Å². The Morgan fingerprint density at radius 1 is 0.962 bits per heavy atom. The Morgan fingerprint density at radius 2 is 1.73 bits per heavy atom. The fourth-order valence-electron chi connectivity index (χ4n) is 6.40. The Bertz CT molecular complexity index is 2240. The van der Waals surface area contributed by atoms with E-state index in [4.69, 9.17) is 5.73 Å². The van der Waals surface area contributed by atoms with Gasteiger partial charge in [-0.1, -0.05) is 18.2 Å². The number of nitrogens with two attached hydrogens (primary N) is 1. The molecule has 2 aliphatic heterocycles. The molecule has 52 heavy (non-hydrogen) atoms. The fraction of sp³-hybridized carbons (Fsp3) is 0.265. The molecular formula is C34H26F7N9O2. The number of carbonyl (C=O) groups is 2. The minimum atomic E-state index is -4.93. The topological polar surface area (TPSA) is 135 Å². The number of aliphatic imine (C=N–C) groups is 1. The van der Waals surface area contributed by atoms with Gasteiger partial charge in [0.25, 0.3) is 11.8 Å². The van der Waals surface area contributed by atoms with Crippen LogP contribution in [0.3, 0.4) is 0 Å². The van der Waals surface area contributed by atoms with Gasteiger partial charge in [-0.05, 0) is 60.4 Å². The summed E-state index contributed by atoms with van der Waals surface area (Å²) in [5.74, 6) is -2.55. The standard InChI is InChI=1S/C34H26F7N9O2/c35-23-6-4-22(5-7-23)32(10-1-11-33(36,37)38)30(52)49(31(42)47-32)14-19-2-8-25(34(39,40)41)24(12-19)29(51)48-15-21-13-43-28(46-26(21)17-48)20-3-9-27-44-18-45-50(27)16-20/h2-9,12-13,16,18H,1,10-11,14-15,17H2,(H2,42,47)/t32-/m1/s1. The molecule has 2 N–H and O–H groups in total. The molecule has 2 amide bonds. The van der Waals surface area contributed by atoms with E-state index >= 15 is 0 Å². The molecule has 2 aromatic carbocycles. The van der Waals surface area contributed by atoms with Crippen LogP contribution in [-0.4, -0.2) is 58.3 Å². The molecule has 11 nitrogen and oxygen atoms in total. The Kier molecular flexibility index (Phi) is 8.41. The zero-order valence-corrected chi connectivity index (χ0v) is 26.8. The van der Waals surface area contributed by atoms with Crippen molar-refractivity contribution in [2.75, 3.05) is 0 Å². The second-order valence-electron chi connectivity index (χ2n) is 12.4. The van der Waals surface area contributed by atoms with Crippen molar-refractivity contribution in [3.05, 3.63) is 113 Å². The number of amides is 2. The number of pyridine rings is 1. The first kappa shape index (κ1) is 34.5. The highest BCUT2D eigenvalue weighted by atomic mass is 19.4. The summed E-state index contributed by atoms with van der Waals surface area (Å²) in [5.41, 5.74) is 4.61. The molecule has 0 aliphatic carbocycles. The molecule has 0 bridgehead atoms. The summed E-state index contributed by atoms with van der Waals surface area (Å²) in [6, 6.07) is 10.7. The van der Waals surface area contributed by atoms with E-state index in [-0.39, 0.29) is 24.2 Å². The van der Waals surface area contributed by atoms with E-state index < -0.39 is 78.4 Å². The zero-order chi connectivity index (χ0) is 37.0. The van der Waals surface area contributed by atoms with E-state index in [1.807, 2.05) is 0 Å². The normalized spacial score (nSPS) is 17.6. The number of guanidine groups is 1. The van der Waals surface area contributed by atoms with Crippen molar-refractivity contribution in [3.8, 4) is 11.4 Å². The number of fused-ring (bicyclic) bond motifs is 2. The minimum absolute atomic E-state index is 0.0651. The van der Waals surface area contributed by atoms with Crippen LogP contribution < -0.4 is 5.73 Å². The van der Waals surface area contributed by atoms with Crippen molar-refractivity contribution in [3.63, 3.8) is 0 Å². The number of nitrogens with zero attached hydrogens (tertiary/aromatic N) is 8. The van der Waals surface area contributed by atoms with Gasteiger partial charge in [0.05, 0.1) is 29.9 Å². The number of alkyl halides is 6. The molecule has 5 aromatic rings. The molecule has 7 rings (SSSR count). The van der Waals surface area contributed by atoms with Gasteiger partial charge in [0, 0.05) is 36.5 Å². The maximum atomic E-state index is 14.3. The number of hydrogen-bond acceptors (Lipinski definition) is 8. The number of benzene rings is 2. The quantitative estimate of drug-likeness (QED) is 0.200. The van der Waals surface area contributed by atoms with Crippen molar-refractivity contribution < 1.29 is 40.3 Å². The molecule has 0 fully saturated rings. The largest absolute Gasteiger partial charge is 0.417 e. The third kappa shape index (κ3) is 6.51. The Balaban J connectivity index is 1.15. The fourth-order valence-corrected chi connectivity index (χ4v) is 6.40. The number of halogens is 7. The van der Waals surface area contributed by atoms with Crippen molar-refractivity contribution in [1.82, 2.24) is 34.4 Å². The summed E-state index contributed by atoms with van der Waals surface area (Å²) < 4.78 is 97.2. The van der Waals surface area contributed by atoms with Crippen LogP contribution in [0.2, 0.25) is 0 Å². The molecule has 268 valence electrons. The number of aromatic nitrogens is 5. The Hall–Kier alpha value is -5.94. The molecule has 0 radical (unpaired) electrons. The molecule has 2 aliphatic rings. The van der Waals surface area contributed by atoms with Crippen LogP contribution in [0, 0.1) is 5.82 Å². The van der Waals surface area contributed by atoms with Crippen molar-refractivity contribution >= 4 is 23.4 Å². The van der Waals surface area contributed by atoms with Crippen molar-refractivity contribution in [2.24, 2.45) is 10.7 Å². The van der Waals surface area contributed by atoms with Crippen LogP contribution in [0.5, 0.6) is 0 Å². The lowest BCUT2D eigenvalue weighted by molar-refractivity contribution is -0.139. The number of hydrogen-bond donors (Lipinski definition) is 1. The van der Waals surface area contributed by atoms with Gasteiger partial charge < -0.3 is 10.6 Å². The summed E-state index contributed by atoms with van der Waals surface area (Å²) in [6.07, 6.45) is -7.08. The van der Waals surface area contributed by atoms with E-state index in [1.165, 1.54) is 34.1 Å². The molecule has 5 heterocycles. The van der Waals surface area contributed by atoms with E-state index in [1.54, 1.807) is 18.3 Å². The second kappa shape index (κ2) is 12.7. The SMILES string of the molecule is NC1=N[C@](CCCC(F)(F)F)(c2ccc(F)cc2)C(=O)N1Cc1ccc(C(F)(F)F)c(C(=O)N2Cc3cnc(-c4ccc5ncnn5c4)nc3C2)c1. The highest BCUT2D eigenvalue weighted by Gasteiger charge is 2.49. The van der Waals surface area contributed by atoms with Crippen LogP contribution in [0.4, 0.5) is 30.7 Å². The molecular weight excluding hydrogens is 699 g/mol. The summed E-state index contributed by atoms with van der Waals surface area (Å²) in [6.45, 7) is -0.639. The first-order valence-corrected chi connectivity index (χ1v) is 15.8. The van der Waals surface area contributed by atoms with Gasteiger partial charge in [-0.3, -0.25) is 14.5 Å². The second-order valence-corrected chi connectivity index (χ2v) is 12.4. The van der Waals surface area contributed by atoms with Crippen LogP contribution >= 0.6 is 0 Å². The highest BCUT2D eigenvalue weighted by molar-refractivity contribution is 6.07. The Morgan fingerprint density at radius 3 is 2.46 bits per heavy atom. The van der Waals surface area contributed by atoms with Gasteiger partial charge in [-0.15, -0.1) is 0 Å². The van der Waals surface area contributed by atoms with Gasteiger partial charge in [0.2, 0.25) is 0 Å². The van der Waals surface area contributed by atoms with Crippen molar-refractivity contribution in [1.29, 1.82) is 0 Å². The van der Waals surface area contributed by atoms with Crippen LogP contribution in [0.1, 0.15) is 57.6 Å². The lowest BCUT2D eigenvalue weighted by Crippen LogP contribution is -2.42. The summed E-state index contributed by atoms with van der Waals surface area (Å²) in [5, 5.41) is 4.09. The molecule has 0 spiro atoms. The smallest absolute Gasteiger partial charge is 0.369 e. The first-order chi connectivity index (χ1) is 24.6. The van der Waals surface area contributed by atoms with Crippen molar-refractivity contribution in [2.45, 2.75) is 56.8 Å². The van der Waals surface area contributed by atoms with Crippen LogP contribution in [-0.2, 0) is 36.1 Å². The lowest BCUT2D eigenvalue weighted by Gasteiger charge is -2.27. The predicted molar refractivity (Wildman–Crippen MR) is 169 cm³/mol. The summed E-state index contributed by atoms with van der Waals surface area (Å²) in [4.78, 5) is 47.1. The molecule has 3 aromatic heterocycles. The number of rotatable bonds is 8. The average molecular weight is 726 g/mol. The summed E-state index contributed by atoms with van der Waals surface area (Å²) >= 11 is 0. The molecule has 18 heteroatoms. The Labute approximate surface area is 289 Å². The third-order valence-electron chi connectivity index (χ3n) is 8.94. The molecule has 0 saturated carbocycles. The van der Waals surface area contributed by atoms with E-state index in [0.29, 0.717) is 34.4 Å². The van der Waals surface area contributed by atoms with Crippen LogP contribution in [0.15, 0.2) is 78.3 Å². The highest BCUT2D eigenvalue weighted by Crippen LogP contribution is 2.40. The predicted octanol–water partition coefficient (Wildman–Crippen LogP) is 5.79. The van der Waals surface area contributed by atoms with Gasteiger partial charge in [0.15, 0.2) is 23.0 Å². The van der Waals surface area contributed by atoms with Gasteiger partial charge in [-0.25, -0.2) is 28.9 Å². The summed E-state index contributed by atoms with van der Waals surface area (Å²) in [7, 11) is 0. The maximum absolute atomic E-state index is 14.3. The third-order valence-corrected chi connectivity index (χ3v) is 8.94. The molecule has 1 atom stereocenters. The zero-order valence-electron chi connectivity index (χ0n) is 26.8. The molecule has 0 unspecified atom stereocenters. The van der Waals surface area contributed by atoms with E-state index in [0.717, 1.165) is 29.2 Å². The van der Waals surface area contributed by atoms with Gasteiger partial charge >= 0.3 is 12.4 Å². The minimum Gasteiger partial charge on any atom is -0.369 e. The molecule has 0 saturated heterocycles. The maximum Gasteiger partial charge on any atom is 0.417 e. The average Bonchev–Trinajstić information content (AvgIpc) is 3.80. The first-order valence-electron chi connectivity index (χ1n) is 15.8. The number of carbonyl (C=O) groups excluding carboxylic acids is 2. The van der Waals surface area contributed by atoms with E-state index in [2.05, 4.69) is 25.0 Å². The lowest BCUT2D eigenvalue weighted by atomic mass is 9.84.